The van der Waals surface area contributed by atoms with E-state index in [9.17, 15) is 4.79 Å². The van der Waals surface area contributed by atoms with Gasteiger partial charge in [-0.1, -0.05) is 18.7 Å². The van der Waals surface area contributed by atoms with Crippen LogP contribution in [-0.2, 0) is 0 Å². The Morgan fingerprint density at radius 3 is 2.83 bits per heavy atom. The molecular formula is C17H20N4OS. The molecule has 2 aromatic rings. The number of hydrogen-bond acceptors (Lipinski definition) is 4. The molecule has 23 heavy (non-hydrogen) atoms. The molecule has 4 rings (SSSR count). The van der Waals surface area contributed by atoms with Crippen molar-refractivity contribution in [3.8, 4) is 0 Å². The molecule has 3 heterocycles. The summed E-state index contributed by atoms with van der Waals surface area (Å²) >= 11 is 1.85. The number of carbonyl (C=O) groups is 1. The van der Waals surface area contributed by atoms with Crippen molar-refractivity contribution in [2.45, 2.75) is 12.2 Å². The molecule has 1 unspecified atom stereocenters. The van der Waals surface area contributed by atoms with Crippen molar-refractivity contribution in [1.29, 1.82) is 0 Å². The number of nitrogens with one attached hydrogen (secondary N) is 1. The van der Waals surface area contributed by atoms with E-state index in [4.69, 9.17) is 0 Å². The van der Waals surface area contributed by atoms with Crippen molar-refractivity contribution in [3.05, 3.63) is 36.0 Å². The van der Waals surface area contributed by atoms with Crippen LogP contribution in [0.1, 0.15) is 17.3 Å². The number of aromatic nitrogens is 1. The molecule has 0 radical (unpaired) electrons. The topological polar surface area (TPSA) is 51.7 Å². The van der Waals surface area contributed by atoms with Crippen LogP contribution in [-0.4, -0.2) is 63.8 Å². The first-order chi connectivity index (χ1) is 11.2. The number of amidine groups is 1. The van der Waals surface area contributed by atoms with E-state index in [-0.39, 0.29) is 5.91 Å². The molecule has 0 aliphatic carbocycles. The number of thioether (sulfide) groups is 1. The zero-order chi connectivity index (χ0) is 15.8. The maximum Gasteiger partial charge on any atom is 0.253 e. The Morgan fingerprint density at radius 2 is 2.09 bits per heavy atom. The predicted octanol–water partition coefficient (Wildman–Crippen LogP) is 2.42. The highest BCUT2D eigenvalue weighted by Gasteiger charge is 2.27. The largest absolute Gasteiger partial charge is 0.361 e. The highest BCUT2D eigenvalue weighted by atomic mass is 32.2. The molecule has 5 nitrogen and oxygen atoms in total. The molecule has 1 atom stereocenters. The van der Waals surface area contributed by atoms with Gasteiger partial charge in [-0.3, -0.25) is 9.79 Å². The van der Waals surface area contributed by atoms with Gasteiger partial charge < -0.3 is 14.8 Å². The van der Waals surface area contributed by atoms with Crippen LogP contribution in [0.15, 0.2) is 35.5 Å². The maximum atomic E-state index is 12.7. The Balaban J connectivity index is 1.42. The molecular weight excluding hydrogens is 308 g/mol. The molecule has 1 fully saturated rings. The first kappa shape index (κ1) is 14.6. The van der Waals surface area contributed by atoms with E-state index in [2.05, 4.69) is 21.8 Å². The van der Waals surface area contributed by atoms with Gasteiger partial charge in [0.05, 0.1) is 6.54 Å². The summed E-state index contributed by atoms with van der Waals surface area (Å²) < 4.78 is 0. The Morgan fingerprint density at radius 1 is 1.26 bits per heavy atom. The van der Waals surface area contributed by atoms with Gasteiger partial charge in [-0.2, -0.15) is 0 Å². The van der Waals surface area contributed by atoms with Gasteiger partial charge in [-0.25, -0.2) is 0 Å². The average Bonchev–Trinajstić information content (AvgIpc) is 3.22. The Bertz CT molecular complexity index is 761. The first-order valence-corrected chi connectivity index (χ1v) is 8.91. The second-order valence-electron chi connectivity index (χ2n) is 6.11. The number of benzene rings is 1. The number of H-pyrrole nitrogens is 1. The first-order valence-electron chi connectivity index (χ1n) is 8.03. The minimum Gasteiger partial charge on any atom is -0.361 e. The third-order valence-corrected chi connectivity index (χ3v) is 5.58. The molecule has 1 amide bonds. The van der Waals surface area contributed by atoms with Crippen LogP contribution in [0.25, 0.3) is 10.9 Å². The zero-order valence-electron chi connectivity index (χ0n) is 13.2. The second kappa shape index (κ2) is 5.92. The third-order valence-electron chi connectivity index (χ3n) is 4.43. The number of carbonyl (C=O) groups excluding carboxylic acids is 1. The van der Waals surface area contributed by atoms with Gasteiger partial charge >= 0.3 is 0 Å². The molecule has 120 valence electrons. The number of fused-ring (bicyclic) bond motifs is 1. The lowest BCUT2D eigenvalue weighted by atomic mass is 10.1. The molecule has 2 aliphatic heterocycles. The normalized spacial score (nSPS) is 21.8. The molecule has 0 spiro atoms. The standard InChI is InChI=1S/C17H20N4OS/c1-12-11-19-17(23-12)21-8-6-20(7-9-21)16(22)14-2-3-15-13(10-14)4-5-18-15/h2-5,10,12,18H,6-9,11H2,1H3. The van der Waals surface area contributed by atoms with Gasteiger partial charge in [-0.15, -0.1) is 0 Å². The number of nitrogens with zero attached hydrogens (tertiary/aromatic N) is 3. The Kier molecular flexibility index (Phi) is 3.77. The lowest BCUT2D eigenvalue weighted by Gasteiger charge is -2.35. The fourth-order valence-corrected chi connectivity index (χ4v) is 4.10. The van der Waals surface area contributed by atoms with Crippen LogP contribution in [0, 0.1) is 0 Å². The Hall–Kier alpha value is -1.95. The summed E-state index contributed by atoms with van der Waals surface area (Å²) in [4.78, 5) is 24.7. The highest BCUT2D eigenvalue weighted by Crippen LogP contribution is 2.24. The summed E-state index contributed by atoms with van der Waals surface area (Å²) in [5.74, 6) is 0.127. The van der Waals surface area contributed by atoms with E-state index >= 15 is 0 Å². The summed E-state index contributed by atoms with van der Waals surface area (Å²) in [6.45, 7) is 6.39. The number of aliphatic imine (C=N–C) groups is 1. The van der Waals surface area contributed by atoms with Crippen molar-refractivity contribution in [2.75, 3.05) is 32.7 Å². The number of piperazine rings is 1. The summed E-state index contributed by atoms with van der Waals surface area (Å²) in [5.41, 5.74) is 1.84. The Labute approximate surface area is 139 Å². The maximum absolute atomic E-state index is 12.7. The van der Waals surface area contributed by atoms with E-state index in [1.54, 1.807) is 0 Å². The van der Waals surface area contributed by atoms with E-state index in [1.165, 1.54) is 0 Å². The summed E-state index contributed by atoms with van der Waals surface area (Å²) in [6, 6.07) is 7.86. The lowest BCUT2D eigenvalue weighted by Crippen LogP contribution is -2.49. The molecule has 1 aromatic heterocycles. The molecule has 6 heteroatoms. The monoisotopic (exact) mass is 328 g/mol. The molecule has 0 saturated carbocycles. The highest BCUT2D eigenvalue weighted by molar-refractivity contribution is 8.14. The average molecular weight is 328 g/mol. The van der Waals surface area contributed by atoms with E-state index in [0.29, 0.717) is 5.25 Å². The summed E-state index contributed by atoms with van der Waals surface area (Å²) in [7, 11) is 0. The minimum atomic E-state index is 0.127. The van der Waals surface area contributed by atoms with Crippen LogP contribution in [0.2, 0.25) is 0 Å². The van der Waals surface area contributed by atoms with Gasteiger partial charge in [0.25, 0.3) is 5.91 Å². The number of amides is 1. The quantitative estimate of drug-likeness (QED) is 0.875. The SMILES string of the molecule is CC1CN=C(N2CCN(C(=O)c3ccc4[nH]ccc4c3)CC2)S1. The van der Waals surface area contributed by atoms with Crippen molar-refractivity contribution in [2.24, 2.45) is 4.99 Å². The third kappa shape index (κ3) is 2.83. The van der Waals surface area contributed by atoms with Gasteiger partial charge in [0.2, 0.25) is 0 Å². The lowest BCUT2D eigenvalue weighted by molar-refractivity contribution is 0.0694. The van der Waals surface area contributed by atoms with Crippen LogP contribution in [0.3, 0.4) is 0 Å². The van der Waals surface area contributed by atoms with E-state index in [1.807, 2.05) is 47.1 Å². The number of rotatable bonds is 1. The summed E-state index contributed by atoms with van der Waals surface area (Å²) in [5, 5.41) is 2.82. The van der Waals surface area contributed by atoms with E-state index in [0.717, 1.165) is 54.4 Å². The van der Waals surface area contributed by atoms with Crippen molar-refractivity contribution < 1.29 is 4.79 Å². The van der Waals surface area contributed by atoms with Crippen LogP contribution in [0.4, 0.5) is 0 Å². The second-order valence-corrected chi connectivity index (χ2v) is 7.52. The molecule has 1 aromatic carbocycles. The van der Waals surface area contributed by atoms with Crippen molar-refractivity contribution in [1.82, 2.24) is 14.8 Å². The minimum absolute atomic E-state index is 0.127. The van der Waals surface area contributed by atoms with Crippen molar-refractivity contribution >= 4 is 33.7 Å². The number of aromatic amines is 1. The van der Waals surface area contributed by atoms with Crippen molar-refractivity contribution in [3.63, 3.8) is 0 Å². The van der Waals surface area contributed by atoms with Crippen LogP contribution in [0.5, 0.6) is 0 Å². The molecule has 1 N–H and O–H groups in total. The molecule has 1 saturated heterocycles. The van der Waals surface area contributed by atoms with Gasteiger partial charge in [0.15, 0.2) is 5.17 Å². The van der Waals surface area contributed by atoms with Crippen LogP contribution < -0.4 is 0 Å². The smallest absolute Gasteiger partial charge is 0.253 e. The zero-order valence-corrected chi connectivity index (χ0v) is 14.0. The number of hydrogen-bond donors (Lipinski definition) is 1. The van der Waals surface area contributed by atoms with E-state index < -0.39 is 0 Å². The van der Waals surface area contributed by atoms with Gasteiger partial charge in [0.1, 0.15) is 0 Å². The van der Waals surface area contributed by atoms with Crippen LogP contribution >= 0.6 is 11.8 Å². The van der Waals surface area contributed by atoms with Gasteiger partial charge in [0, 0.05) is 54.1 Å². The fraction of sp³-hybridized carbons (Fsp3) is 0.412. The predicted molar refractivity (Wildman–Crippen MR) is 95.1 cm³/mol. The summed E-state index contributed by atoms with van der Waals surface area (Å²) in [6.07, 6.45) is 1.90. The fourth-order valence-electron chi connectivity index (χ4n) is 3.11. The van der Waals surface area contributed by atoms with Gasteiger partial charge in [-0.05, 0) is 24.3 Å². The molecule has 0 bridgehead atoms. The molecule has 2 aliphatic rings.